The first-order valence-electron chi connectivity index (χ1n) is 8.46. The number of rotatable bonds is 7. The lowest BCUT2D eigenvalue weighted by Crippen LogP contribution is -2.30. The summed E-state index contributed by atoms with van der Waals surface area (Å²) in [5.41, 5.74) is 12.2. The standard InChI is InChI=1S/C18H30N4/c1-14(17-5-3-2-4-6-17)11-21-12-15-7-9-16(10-8-15)13-22-18(19)20/h2-6,14-16,21H,7-13H2,1H3,(H4,19,20,22). The molecule has 2 rings (SSSR count). The predicted octanol–water partition coefficient (Wildman–Crippen LogP) is 2.46. The van der Waals surface area contributed by atoms with Crippen LogP contribution in [0.1, 0.15) is 44.1 Å². The maximum absolute atomic E-state index is 5.40. The van der Waals surface area contributed by atoms with Gasteiger partial charge in [0, 0.05) is 13.1 Å². The molecule has 1 unspecified atom stereocenters. The molecule has 1 aliphatic rings. The van der Waals surface area contributed by atoms with Gasteiger partial charge in [0.1, 0.15) is 0 Å². The van der Waals surface area contributed by atoms with E-state index in [1.165, 1.54) is 31.2 Å². The summed E-state index contributed by atoms with van der Waals surface area (Å²) in [4.78, 5) is 4.15. The van der Waals surface area contributed by atoms with Gasteiger partial charge in [0.2, 0.25) is 0 Å². The average molecular weight is 302 g/mol. The minimum atomic E-state index is 0.221. The smallest absolute Gasteiger partial charge is 0.185 e. The number of aliphatic imine (C=N–C) groups is 1. The van der Waals surface area contributed by atoms with E-state index in [2.05, 4.69) is 47.6 Å². The van der Waals surface area contributed by atoms with Gasteiger partial charge in [-0.05, 0) is 55.5 Å². The summed E-state index contributed by atoms with van der Waals surface area (Å²) in [5.74, 6) is 2.26. The minimum absolute atomic E-state index is 0.221. The molecule has 0 aliphatic heterocycles. The largest absolute Gasteiger partial charge is 0.370 e. The molecule has 0 heterocycles. The Kier molecular flexibility index (Phi) is 6.72. The molecule has 5 N–H and O–H groups in total. The Labute approximate surface area is 134 Å². The molecule has 1 atom stereocenters. The minimum Gasteiger partial charge on any atom is -0.370 e. The van der Waals surface area contributed by atoms with Crippen LogP contribution in [0.3, 0.4) is 0 Å². The van der Waals surface area contributed by atoms with Crippen molar-refractivity contribution < 1.29 is 0 Å². The Morgan fingerprint density at radius 2 is 1.77 bits per heavy atom. The van der Waals surface area contributed by atoms with Gasteiger partial charge in [0.15, 0.2) is 5.96 Å². The molecule has 0 radical (unpaired) electrons. The van der Waals surface area contributed by atoms with Crippen molar-refractivity contribution in [3.8, 4) is 0 Å². The topological polar surface area (TPSA) is 76.4 Å². The second-order valence-electron chi connectivity index (χ2n) is 6.62. The van der Waals surface area contributed by atoms with Crippen LogP contribution in [0.4, 0.5) is 0 Å². The second kappa shape index (κ2) is 8.79. The van der Waals surface area contributed by atoms with Crippen molar-refractivity contribution in [3.05, 3.63) is 35.9 Å². The molecule has 4 nitrogen and oxygen atoms in total. The number of nitrogens with two attached hydrogens (primary N) is 2. The summed E-state index contributed by atoms with van der Waals surface area (Å²) in [5, 5.41) is 3.65. The number of benzene rings is 1. The number of guanidine groups is 1. The maximum atomic E-state index is 5.40. The summed E-state index contributed by atoms with van der Waals surface area (Å²) in [7, 11) is 0. The van der Waals surface area contributed by atoms with E-state index < -0.39 is 0 Å². The third-order valence-corrected chi connectivity index (χ3v) is 4.75. The van der Waals surface area contributed by atoms with Crippen molar-refractivity contribution in [2.75, 3.05) is 19.6 Å². The van der Waals surface area contributed by atoms with Gasteiger partial charge in [0.05, 0.1) is 0 Å². The Balaban J connectivity index is 1.62. The van der Waals surface area contributed by atoms with Crippen LogP contribution in [0.5, 0.6) is 0 Å². The van der Waals surface area contributed by atoms with E-state index in [9.17, 15) is 0 Å². The van der Waals surface area contributed by atoms with Crippen molar-refractivity contribution >= 4 is 5.96 Å². The van der Waals surface area contributed by atoms with Gasteiger partial charge in [-0.15, -0.1) is 0 Å². The van der Waals surface area contributed by atoms with E-state index >= 15 is 0 Å². The lowest BCUT2D eigenvalue weighted by atomic mass is 9.82. The molecule has 0 aromatic heterocycles. The average Bonchev–Trinajstić information content (AvgIpc) is 2.55. The molecule has 0 bridgehead atoms. The first kappa shape index (κ1) is 16.8. The highest BCUT2D eigenvalue weighted by Crippen LogP contribution is 2.28. The van der Waals surface area contributed by atoms with Crippen molar-refractivity contribution in [1.29, 1.82) is 0 Å². The Hall–Kier alpha value is -1.55. The highest BCUT2D eigenvalue weighted by Gasteiger charge is 2.20. The van der Waals surface area contributed by atoms with Gasteiger partial charge in [-0.3, -0.25) is 4.99 Å². The molecule has 1 fully saturated rings. The van der Waals surface area contributed by atoms with Crippen molar-refractivity contribution in [3.63, 3.8) is 0 Å². The van der Waals surface area contributed by atoms with E-state index in [-0.39, 0.29) is 5.96 Å². The quantitative estimate of drug-likeness (QED) is 0.535. The SMILES string of the molecule is CC(CNCC1CCC(CN=C(N)N)CC1)c1ccccc1. The van der Waals surface area contributed by atoms with Gasteiger partial charge >= 0.3 is 0 Å². The zero-order valence-electron chi connectivity index (χ0n) is 13.7. The fourth-order valence-corrected chi connectivity index (χ4v) is 3.26. The molecule has 1 aromatic rings. The van der Waals surface area contributed by atoms with Crippen LogP contribution in [-0.4, -0.2) is 25.6 Å². The van der Waals surface area contributed by atoms with E-state index in [1.807, 2.05) is 0 Å². The summed E-state index contributed by atoms with van der Waals surface area (Å²) in [6.45, 7) is 5.27. The molecule has 0 saturated heterocycles. The molecule has 4 heteroatoms. The predicted molar refractivity (Wildman–Crippen MR) is 93.9 cm³/mol. The molecule has 0 amide bonds. The highest BCUT2D eigenvalue weighted by atomic mass is 15.0. The van der Waals surface area contributed by atoms with Crippen LogP contribution in [0, 0.1) is 11.8 Å². The van der Waals surface area contributed by atoms with Crippen molar-refractivity contribution in [2.24, 2.45) is 28.3 Å². The van der Waals surface area contributed by atoms with Crippen LogP contribution in [0.15, 0.2) is 35.3 Å². The molecule has 0 spiro atoms. The molecule has 1 saturated carbocycles. The first-order valence-corrected chi connectivity index (χ1v) is 8.46. The van der Waals surface area contributed by atoms with Gasteiger partial charge in [-0.25, -0.2) is 0 Å². The summed E-state index contributed by atoms with van der Waals surface area (Å²) < 4.78 is 0. The fourth-order valence-electron chi connectivity index (χ4n) is 3.26. The molecule has 122 valence electrons. The molecular weight excluding hydrogens is 272 g/mol. The van der Waals surface area contributed by atoms with Crippen molar-refractivity contribution in [2.45, 2.75) is 38.5 Å². The van der Waals surface area contributed by atoms with Crippen LogP contribution >= 0.6 is 0 Å². The highest BCUT2D eigenvalue weighted by molar-refractivity contribution is 5.75. The van der Waals surface area contributed by atoms with Gasteiger partial charge in [0.25, 0.3) is 0 Å². The van der Waals surface area contributed by atoms with E-state index in [0.29, 0.717) is 11.8 Å². The van der Waals surface area contributed by atoms with Gasteiger partial charge < -0.3 is 16.8 Å². The Morgan fingerprint density at radius 3 is 2.41 bits per heavy atom. The zero-order valence-corrected chi connectivity index (χ0v) is 13.7. The number of hydrogen-bond donors (Lipinski definition) is 3. The Morgan fingerprint density at radius 1 is 1.14 bits per heavy atom. The van der Waals surface area contributed by atoms with Crippen LogP contribution in [0.25, 0.3) is 0 Å². The fraction of sp³-hybridized carbons (Fsp3) is 0.611. The number of hydrogen-bond acceptors (Lipinski definition) is 2. The van der Waals surface area contributed by atoms with E-state index in [1.54, 1.807) is 0 Å². The molecule has 1 aromatic carbocycles. The zero-order chi connectivity index (χ0) is 15.8. The van der Waals surface area contributed by atoms with Crippen LogP contribution in [0.2, 0.25) is 0 Å². The van der Waals surface area contributed by atoms with E-state index in [4.69, 9.17) is 11.5 Å². The summed E-state index contributed by atoms with van der Waals surface area (Å²) in [6.07, 6.45) is 5.07. The lowest BCUT2D eigenvalue weighted by Gasteiger charge is -2.28. The molecular formula is C18H30N4. The second-order valence-corrected chi connectivity index (χ2v) is 6.62. The molecule has 22 heavy (non-hydrogen) atoms. The Bertz CT molecular complexity index is 445. The number of nitrogens with zero attached hydrogens (tertiary/aromatic N) is 1. The lowest BCUT2D eigenvalue weighted by molar-refractivity contribution is 0.272. The third kappa shape index (κ3) is 5.68. The van der Waals surface area contributed by atoms with Crippen LogP contribution < -0.4 is 16.8 Å². The number of nitrogens with one attached hydrogen (secondary N) is 1. The van der Waals surface area contributed by atoms with Gasteiger partial charge in [-0.1, -0.05) is 37.3 Å². The first-order chi connectivity index (χ1) is 10.6. The monoisotopic (exact) mass is 302 g/mol. The van der Waals surface area contributed by atoms with Crippen LogP contribution in [-0.2, 0) is 0 Å². The third-order valence-electron chi connectivity index (χ3n) is 4.75. The van der Waals surface area contributed by atoms with E-state index in [0.717, 1.165) is 25.6 Å². The summed E-state index contributed by atoms with van der Waals surface area (Å²) >= 11 is 0. The van der Waals surface area contributed by atoms with Gasteiger partial charge in [-0.2, -0.15) is 0 Å². The maximum Gasteiger partial charge on any atom is 0.185 e. The summed E-state index contributed by atoms with van der Waals surface area (Å²) in [6, 6.07) is 10.7. The molecule has 1 aliphatic carbocycles. The normalized spacial score (nSPS) is 23.0. The van der Waals surface area contributed by atoms with Crippen molar-refractivity contribution in [1.82, 2.24) is 5.32 Å².